The zero-order valence-corrected chi connectivity index (χ0v) is 14.0. The lowest BCUT2D eigenvalue weighted by Gasteiger charge is -2.10. The number of nitrogens with zero attached hydrogens (tertiary/aromatic N) is 3. The van der Waals surface area contributed by atoms with Crippen LogP contribution in [0.2, 0.25) is 0 Å². The van der Waals surface area contributed by atoms with Crippen molar-refractivity contribution in [2.75, 3.05) is 11.9 Å². The number of aromatic nitrogens is 2. The zero-order valence-electron chi connectivity index (χ0n) is 14.0. The molecule has 2 heterocycles. The molecular weight excluding hydrogens is 326 g/mol. The van der Waals surface area contributed by atoms with Crippen molar-refractivity contribution < 1.29 is 14.5 Å². The van der Waals surface area contributed by atoms with Gasteiger partial charge >= 0.3 is 11.7 Å². The summed E-state index contributed by atoms with van der Waals surface area (Å²) in [5.74, 6) is 0.526. The van der Waals surface area contributed by atoms with Gasteiger partial charge in [-0.15, -0.1) is 0 Å². The Morgan fingerprint density at radius 3 is 2.76 bits per heavy atom. The van der Waals surface area contributed by atoms with Crippen molar-refractivity contribution in [3.05, 3.63) is 52.0 Å². The summed E-state index contributed by atoms with van der Waals surface area (Å²) in [7, 11) is 0. The number of nitro groups is 1. The predicted octanol–water partition coefficient (Wildman–Crippen LogP) is 2.80. The molecule has 0 saturated carbocycles. The van der Waals surface area contributed by atoms with Gasteiger partial charge in [-0.05, 0) is 24.5 Å². The van der Waals surface area contributed by atoms with Crippen molar-refractivity contribution >= 4 is 17.4 Å². The lowest BCUT2D eigenvalue weighted by Crippen LogP contribution is -2.28. The molecule has 0 aromatic carbocycles. The first-order chi connectivity index (χ1) is 12.0. The van der Waals surface area contributed by atoms with Gasteiger partial charge < -0.3 is 15.4 Å². The SMILES string of the molecule is CCCOc1ccc(CNC(=O)Nc2c(C)cncc2[N+](=O)[O-])cn1. The Kier molecular flexibility index (Phi) is 6.21. The van der Waals surface area contributed by atoms with Crippen molar-refractivity contribution in [1.82, 2.24) is 15.3 Å². The number of hydrogen-bond donors (Lipinski definition) is 2. The van der Waals surface area contributed by atoms with Crippen LogP contribution >= 0.6 is 0 Å². The quantitative estimate of drug-likeness (QED) is 0.588. The van der Waals surface area contributed by atoms with Crippen LogP contribution in [-0.2, 0) is 6.54 Å². The molecule has 9 nitrogen and oxygen atoms in total. The van der Waals surface area contributed by atoms with E-state index in [4.69, 9.17) is 4.74 Å². The van der Waals surface area contributed by atoms with E-state index in [0.717, 1.165) is 18.2 Å². The van der Waals surface area contributed by atoms with Gasteiger partial charge in [-0.2, -0.15) is 0 Å². The van der Waals surface area contributed by atoms with Gasteiger partial charge in [0.1, 0.15) is 11.9 Å². The third kappa shape index (κ3) is 5.13. The summed E-state index contributed by atoms with van der Waals surface area (Å²) < 4.78 is 5.38. The Morgan fingerprint density at radius 2 is 2.12 bits per heavy atom. The largest absolute Gasteiger partial charge is 0.478 e. The Bertz CT molecular complexity index is 749. The van der Waals surface area contributed by atoms with Gasteiger partial charge in [0.2, 0.25) is 5.88 Å². The first-order valence-electron chi connectivity index (χ1n) is 7.72. The highest BCUT2D eigenvalue weighted by atomic mass is 16.6. The molecule has 0 unspecified atom stereocenters. The Labute approximate surface area is 144 Å². The molecule has 0 fully saturated rings. The molecule has 2 rings (SSSR count). The first-order valence-corrected chi connectivity index (χ1v) is 7.72. The van der Waals surface area contributed by atoms with Crippen molar-refractivity contribution in [1.29, 1.82) is 0 Å². The van der Waals surface area contributed by atoms with E-state index in [1.807, 2.05) is 6.92 Å². The number of aryl methyl sites for hydroxylation is 1. The number of anilines is 1. The second-order valence-electron chi connectivity index (χ2n) is 5.27. The van der Waals surface area contributed by atoms with Crippen LogP contribution in [0.15, 0.2) is 30.7 Å². The molecule has 0 aliphatic carbocycles. The molecule has 0 spiro atoms. The highest BCUT2D eigenvalue weighted by molar-refractivity contribution is 5.92. The molecule has 132 valence electrons. The lowest BCUT2D eigenvalue weighted by molar-refractivity contribution is -0.384. The number of hydrogen-bond acceptors (Lipinski definition) is 6. The number of pyridine rings is 2. The van der Waals surface area contributed by atoms with Gasteiger partial charge in [-0.25, -0.2) is 9.78 Å². The van der Waals surface area contributed by atoms with Gasteiger partial charge in [0.05, 0.1) is 11.5 Å². The maximum Gasteiger partial charge on any atom is 0.319 e. The zero-order chi connectivity index (χ0) is 18.2. The van der Waals surface area contributed by atoms with Crippen LogP contribution in [0.1, 0.15) is 24.5 Å². The van der Waals surface area contributed by atoms with Crippen molar-refractivity contribution in [3.8, 4) is 5.88 Å². The average molecular weight is 345 g/mol. The van der Waals surface area contributed by atoms with E-state index in [0.29, 0.717) is 18.1 Å². The standard InChI is InChI=1S/C16H19N5O4/c1-3-6-25-14-5-4-12(8-18-14)9-19-16(22)20-15-11(2)7-17-10-13(15)21(23)24/h4-5,7-8,10H,3,6,9H2,1-2H3,(H2,17,19,20,22). The van der Waals surface area contributed by atoms with Crippen LogP contribution in [0.25, 0.3) is 0 Å². The summed E-state index contributed by atoms with van der Waals surface area (Å²) in [5.41, 5.74) is 1.15. The number of carbonyl (C=O) groups excluding carboxylic acids is 1. The summed E-state index contributed by atoms with van der Waals surface area (Å²) in [6.07, 6.45) is 5.04. The van der Waals surface area contributed by atoms with Crippen molar-refractivity contribution in [3.63, 3.8) is 0 Å². The van der Waals surface area contributed by atoms with E-state index in [-0.39, 0.29) is 17.9 Å². The van der Waals surface area contributed by atoms with Crippen molar-refractivity contribution in [2.45, 2.75) is 26.8 Å². The van der Waals surface area contributed by atoms with Crippen LogP contribution in [-0.4, -0.2) is 27.5 Å². The van der Waals surface area contributed by atoms with Crippen LogP contribution in [0, 0.1) is 17.0 Å². The minimum atomic E-state index is -0.589. The average Bonchev–Trinajstić information content (AvgIpc) is 2.60. The summed E-state index contributed by atoms with van der Waals surface area (Å²) in [5, 5.41) is 16.1. The molecule has 0 bridgehead atoms. The molecule has 2 N–H and O–H groups in total. The minimum absolute atomic E-state index is 0.124. The van der Waals surface area contributed by atoms with Crippen LogP contribution < -0.4 is 15.4 Å². The number of rotatable bonds is 7. The summed E-state index contributed by atoms with van der Waals surface area (Å²) in [6, 6.07) is 2.96. The third-order valence-corrected chi connectivity index (χ3v) is 3.26. The number of carbonyl (C=O) groups is 1. The molecule has 0 atom stereocenters. The maximum atomic E-state index is 12.0. The summed E-state index contributed by atoms with van der Waals surface area (Å²) >= 11 is 0. The fourth-order valence-electron chi connectivity index (χ4n) is 2.00. The van der Waals surface area contributed by atoms with Gasteiger partial charge in [-0.1, -0.05) is 13.0 Å². The molecule has 9 heteroatoms. The molecule has 2 amide bonds. The second-order valence-corrected chi connectivity index (χ2v) is 5.27. The fraction of sp³-hybridized carbons (Fsp3) is 0.312. The molecule has 0 saturated heterocycles. The molecular formula is C16H19N5O4. The smallest absolute Gasteiger partial charge is 0.319 e. The van der Waals surface area contributed by atoms with Crippen LogP contribution in [0.3, 0.4) is 0 Å². The van der Waals surface area contributed by atoms with E-state index in [1.54, 1.807) is 25.3 Å². The van der Waals surface area contributed by atoms with Gasteiger partial charge in [0.25, 0.3) is 0 Å². The molecule has 25 heavy (non-hydrogen) atoms. The van der Waals surface area contributed by atoms with Gasteiger partial charge in [0.15, 0.2) is 0 Å². The Balaban J connectivity index is 1.94. The second kappa shape index (κ2) is 8.57. The third-order valence-electron chi connectivity index (χ3n) is 3.26. The van der Waals surface area contributed by atoms with E-state index < -0.39 is 11.0 Å². The Hall–Kier alpha value is -3.23. The minimum Gasteiger partial charge on any atom is -0.478 e. The molecule has 2 aromatic rings. The summed E-state index contributed by atoms with van der Waals surface area (Å²) in [6.45, 7) is 4.46. The lowest BCUT2D eigenvalue weighted by atomic mass is 10.2. The topological polar surface area (TPSA) is 119 Å². The van der Waals surface area contributed by atoms with Gasteiger partial charge in [0, 0.05) is 25.0 Å². The molecule has 0 radical (unpaired) electrons. The Morgan fingerprint density at radius 1 is 1.32 bits per heavy atom. The summed E-state index contributed by atoms with van der Waals surface area (Å²) in [4.78, 5) is 30.3. The van der Waals surface area contributed by atoms with Crippen LogP contribution in [0.5, 0.6) is 5.88 Å². The van der Waals surface area contributed by atoms with Crippen molar-refractivity contribution in [2.24, 2.45) is 0 Å². The van der Waals surface area contributed by atoms with Crippen LogP contribution in [0.4, 0.5) is 16.2 Å². The maximum absolute atomic E-state index is 12.0. The predicted molar refractivity (Wildman–Crippen MR) is 91.5 cm³/mol. The monoisotopic (exact) mass is 345 g/mol. The number of ether oxygens (including phenoxy) is 1. The highest BCUT2D eigenvalue weighted by Gasteiger charge is 2.18. The molecule has 0 aliphatic heterocycles. The van der Waals surface area contributed by atoms with E-state index in [9.17, 15) is 14.9 Å². The molecule has 0 aliphatic rings. The number of nitrogens with one attached hydrogen (secondary N) is 2. The highest BCUT2D eigenvalue weighted by Crippen LogP contribution is 2.26. The van der Waals surface area contributed by atoms with Gasteiger partial charge in [-0.3, -0.25) is 15.1 Å². The van der Waals surface area contributed by atoms with E-state index in [1.165, 1.54) is 6.20 Å². The first kappa shape index (κ1) is 18.1. The molecule has 2 aromatic heterocycles. The number of amides is 2. The van der Waals surface area contributed by atoms with E-state index >= 15 is 0 Å². The number of urea groups is 1. The normalized spacial score (nSPS) is 10.2. The van der Waals surface area contributed by atoms with E-state index in [2.05, 4.69) is 20.6 Å². The fourth-order valence-corrected chi connectivity index (χ4v) is 2.00.